The molecule has 0 spiro atoms. The largest absolute Gasteiger partial charge is 0.392 e. The Bertz CT molecular complexity index is 834. The summed E-state index contributed by atoms with van der Waals surface area (Å²) in [5.74, 6) is 0. The van der Waals surface area contributed by atoms with E-state index < -0.39 is 0 Å². The standard InChI is InChI=1S/C17H16N2O2S/c1-12-2-8-16(22-12)15-7-9-17(21)19(18-15)10-13-3-5-14(11-20)6-4-13/h2-9,20H,10-11H2,1H3. The van der Waals surface area contributed by atoms with Crippen LogP contribution >= 0.6 is 11.3 Å². The second-order valence-electron chi connectivity index (χ2n) is 5.10. The predicted octanol–water partition coefficient (Wildman–Crippen LogP) is 2.82. The van der Waals surface area contributed by atoms with Gasteiger partial charge in [-0.05, 0) is 36.2 Å². The molecule has 3 aromatic rings. The van der Waals surface area contributed by atoms with E-state index in [1.165, 1.54) is 9.56 Å². The third-order valence-corrected chi connectivity index (χ3v) is 4.42. The van der Waals surface area contributed by atoms with Gasteiger partial charge in [-0.3, -0.25) is 4.79 Å². The smallest absolute Gasteiger partial charge is 0.267 e. The van der Waals surface area contributed by atoms with E-state index in [2.05, 4.69) is 5.10 Å². The Balaban J connectivity index is 1.91. The van der Waals surface area contributed by atoms with Gasteiger partial charge in [0, 0.05) is 10.9 Å². The lowest BCUT2D eigenvalue weighted by Gasteiger charge is -2.07. The molecule has 0 aliphatic heterocycles. The van der Waals surface area contributed by atoms with Crippen LogP contribution in [0.2, 0.25) is 0 Å². The maximum atomic E-state index is 12.0. The van der Waals surface area contributed by atoms with Crippen LogP contribution in [0.25, 0.3) is 10.6 Å². The van der Waals surface area contributed by atoms with Gasteiger partial charge < -0.3 is 5.11 Å². The highest BCUT2D eigenvalue weighted by Gasteiger charge is 2.06. The molecule has 1 N–H and O–H groups in total. The molecule has 0 saturated heterocycles. The number of nitrogens with zero attached hydrogens (tertiary/aromatic N) is 2. The SMILES string of the molecule is Cc1ccc(-c2ccc(=O)n(Cc3ccc(CO)cc3)n2)s1. The first-order valence-corrected chi connectivity index (χ1v) is 7.81. The van der Waals surface area contributed by atoms with Gasteiger partial charge in [-0.15, -0.1) is 11.3 Å². The number of thiophene rings is 1. The molecule has 0 fully saturated rings. The summed E-state index contributed by atoms with van der Waals surface area (Å²) in [6.45, 7) is 2.49. The number of rotatable bonds is 4. The molecule has 0 radical (unpaired) electrons. The van der Waals surface area contributed by atoms with Crippen LogP contribution in [0.4, 0.5) is 0 Å². The van der Waals surface area contributed by atoms with Crippen LogP contribution < -0.4 is 5.56 Å². The van der Waals surface area contributed by atoms with Crippen LogP contribution in [0, 0.1) is 6.92 Å². The van der Waals surface area contributed by atoms with Gasteiger partial charge in [-0.2, -0.15) is 5.10 Å². The van der Waals surface area contributed by atoms with Crippen LogP contribution in [-0.4, -0.2) is 14.9 Å². The Morgan fingerprint density at radius 1 is 1.05 bits per heavy atom. The van der Waals surface area contributed by atoms with E-state index in [0.29, 0.717) is 6.54 Å². The Kier molecular flexibility index (Phi) is 4.18. The maximum absolute atomic E-state index is 12.0. The van der Waals surface area contributed by atoms with Crippen molar-refractivity contribution in [2.45, 2.75) is 20.1 Å². The van der Waals surface area contributed by atoms with Crippen LogP contribution in [0.1, 0.15) is 16.0 Å². The normalized spacial score (nSPS) is 10.8. The van der Waals surface area contributed by atoms with Crippen molar-refractivity contribution in [1.29, 1.82) is 0 Å². The highest BCUT2D eigenvalue weighted by atomic mass is 32.1. The summed E-state index contributed by atoms with van der Waals surface area (Å²) in [6, 6.07) is 14.9. The van der Waals surface area contributed by atoms with E-state index in [1.54, 1.807) is 23.5 Å². The fourth-order valence-electron chi connectivity index (χ4n) is 2.19. The van der Waals surface area contributed by atoms with Gasteiger partial charge in [0.15, 0.2) is 0 Å². The molecule has 0 aliphatic rings. The summed E-state index contributed by atoms with van der Waals surface area (Å²) in [7, 11) is 0. The molecular formula is C17H16N2O2S. The van der Waals surface area contributed by atoms with E-state index in [0.717, 1.165) is 21.7 Å². The average molecular weight is 312 g/mol. The fraction of sp³-hybridized carbons (Fsp3) is 0.176. The van der Waals surface area contributed by atoms with E-state index >= 15 is 0 Å². The third-order valence-electron chi connectivity index (χ3n) is 3.40. The minimum Gasteiger partial charge on any atom is -0.392 e. The van der Waals surface area contributed by atoms with E-state index in [-0.39, 0.29) is 12.2 Å². The monoisotopic (exact) mass is 312 g/mol. The predicted molar refractivity (Wildman–Crippen MR) is 88.0 cm³/mol. The number of aliphatic hydroxyl groups is 1. The van der Waals surface area contributed by atoms with Gasteiger partial charge in [-0.1, -0.05) is 24.3 Å². The quantitative estimate of drug-likeness (QED) is 0.806. The third kappa shape index (κ3) is 3.16. The lowest BCUT2D eigenvalue weighted by Crippen LogP contribution is -2.22. The van der Waals surface area contributed by atoms with Crippen molar-refractivity contribution in [3.8, 4) is 10.6 Å². The van der Waals surface area contributed by atoms with Crippen molar-refractivity contribution in [1.82, 2.24) is 9.78 Å². The fourth-order valence-corrected chi connectivity index (χ4v) is 3.02. The van der Waals surface area contributed by atoms with Crippen molar-refractivity contribution < 1.29 is 5.11 Å². The molecule has 0 amide bonds. The van der Waals surface area contributed by atoms with Gasteiger partial charge in [0.2, 0.25) is 0 Å². The van der Waals surface area contributed by atoms with Crippen molar-refractivity contribution in [3.63, 3.8) is 0 Å². The second-order valence-corrected chi connectivity index (χ2v) is 6.39. The van der Waals surface area contributed by atoms with Crippen molar-refractivity contribution in [2.24, 2.45) is 0 Å². The topological polar surface area (TPSA) is 55.1 Å². The van der Waals surface area contributed by atoms with Gasteiger partial charge in [0.1, 0.15) is 5.69 Å². The van der Waals surface area contributed by atoms with Crippen molar-refractivity contribution in [2.75, 3.05) is 0 Å². The maximum Gasteiger partial charge on any atom is 0.267 e. The highest BCUT2D eigenvalue weighted by Crippen LogP contribution is 2.25. The van der Waals surface area contributed by atoms with E-state index in [1.807, 2.05) is 43.3 Å². The summed E-state index contributed by atoms with van der Waals surface area (Å²) < 4.78 is 1.47. The Labute approximate surface area is 132 Å². The minimum absolute atomic E-state index is 0.0195. The first kappa shape index (κ1) is 14.7. The highest BCUT2D eigenvalue weighted by molar-refractivity contribution is 7.15. The molecule has 2 heterocycles. The molecule has 112 valence electrons. The Morgan fingerprint density at radius 2 is 1.77 bits per heavy atom. The zero-order valence-corrected chi connectivity index (χ0v) is 13.0. The number of benzene rings is 1. The molecule has 22 heavy (non-hydrogen) atoms. The molecule has 0 unspecified atom stereocenters. The molecular weight excluding hydrogens is 296 g/mol. The van der Waals surface area contributed by atoms with Gasteiger partial charge in [0.05, 0.1) is 18.0 Å². The van der Waals surface area contributed by atoms with Crippen LogP contribution in [0.5, 0.6) is 0 Å². The first-order valence-electron chi connectivity index (χ1n) is 6.99. The van der Waals surface area contributed by atoms with Gasteiger partial charge >= 0.3 is 0 Å². The number of hydrogen-bond acceptors (Lipinski definition) is 4. The Morgan fingerprint density at radius 3 is 2.41 bits per heavy atom. The van der Waals surface area contributed by atoms with Crippen LogP contribution in [0.15, 0.2) is 53.3 Å². The molecule has 4 nitrogen and oxygen atoms in total. The van der Waals surface area contributed by atoms with E-state index in [9.17, 15) is 4.79 Å². The zero-order chi connectivity index (χ0) is 15.5. The summed E-state index contributed by atoms with van der Waals surface area (Å²) in [6.07, 6.45) is 0. The zero-order valence-electron chi connectivity index (χ0n) is 12.2. The Hall–Kier alpha value is -2.24. The molecule has 0 aliphatic carbocycles. The molecule has 1 aromatic carbocycles. The molecule has 5 heteroatoms. The number of aliphatic hydroxyl groups excluding tert-OH is 1. The summed E-state index contributed by atoms with van der Waals surface area (Å²) in [4.78, 5) is 14.3. The lowest BCUT2D eigenvalue weighted by molar-refractivity contribution is 0.282. The molecule has 3 rings (SSSR count). The summed E-state index contributed by atoms with van der Waals surface area (Å²) >= 11 is 1.66. The molecule has 0 saturated carbocycles. The molecule has 0 bridgehead atoms. The van der Waals surface area contributed by atoms with Crippen LogP contribution in [0.3, 0.4) is 0 Å². The lowest BCUT2D eigenvalue weighted by atomic mass is 10.1. The van der Waals surface area contributed by atoms with Crippen molar-refractivity contribution in [3.05, 3.63) is 74.9 Å². The number of hydrogen-bond donors (Lipinski definition) is 1. The second kappa shape index (κ2) is 6.25. The molecule has 2 aromatic heterocycles. The van der Waals surface area contributed by atoms with Gasteiger partial charge in [-0.25, -0.2) is 4.68 Å². The average Bonchev–Trinajstić information content (AvgIpc) is 2.97. The molecule has 0 atom stereocenters. The van der Waals surface area contributed by atoms with Gasteiger partial charge in [0.25, 0.3) is 5.56 Å². The van der Waals surface area contributed by atoms with Crippen LogP contribution in [-0.2, 0) is 13.2 Å². The van der Waals surface area contributed by atoms with Crippen molar-refractivity contribution >= 4 is 11.3 Å². The number of aryl methyl sites for hydroxylation is 1. The summed E-state index contributed by atoms with van der Waals surface area (Å²) in [5, 5.41) is 13.5. The minimum atomic E-state index is -0.122. The summed E-state index contributed by atoms with van der Waals surface area (Å²) in [5.41, 5.74) is 2.52. The first-order chi connectivity index (χ1) is 10.7. The number of aromatic nitrogens is 2. The van der Waals surface area contributed by atoms with E-state index in [4.69, 9.17) is 5.11 Å².